The Balaban J connectivity index is 2.36. The molecule has 6 nitrogen and oxygen atoms in total. The van der Waals surface area contributed by atoms with Gasteiger partial charge in [0.15, 0.2) is 0 Å². The molecular weight excluding hydrogens is 216 g/mol. The normalized spacial score (nSPS) is 10.2. The number of nitrogens with zero attached hydrogens (tertiary/aromatic N) is 2. The molecule has 0 atom stereocenters. The first kappa shape index (κ1) is 9.66. The number of carbonyl (C=O) groups excluding carboxylic acids is 1. The van der Waals surface area contributed by atoms with Crippen molar-refractivity contribution in [3.8, 4) is 10.8 Å². The molecule has 0 aliphatic carbocycles. The van der Waals surface area contributed by atoms with Crippen molar-refractivity contribution in [1.82, 2.24) is 15.5 Å². The first-order valence-electron chi connectivity index (χ1n) is 4.11. The predicted octanol–water partition coefficient (Wildman–Crippen LogP) is 0.740. The highest BCUT2D eigenvalue weighted by molar-refractivity contribution is 7.14. The molecule has 7 heteroatoms. The first-order chi connectivity index (χ1) is 7.22. The van der Waals surface area contributed by atoms with Crippen LogP contribution in [0.15, 0.2) is 16.0 Å². The van der Waals surface area contributed by atoms with E-state index in [1.54, 1.807) is 6.07 Å². The van der Waals surface area contributed by atoms with Crippen molar-refractivity contribution in [2.24, 2.45) is 0 Å². The maximum atomic E-state index is 11.2. The smallest absolute Gasteiger partial charge is 0.292 e. The molecule has 2 aromatic heterocycles. The summed E-state index contributed by atoms with van der Waals surface area (Å²) >= 11 is 1.38. The van der Waals surface area contributed by atoms with Gasteiger partial charge >= 0.3 is 0 Å². The van der Waals surface area contributed by atoms with Gasteiger partial charge in [-0.25, -0.2) is 0 Å². The Bertz CT molecular complexity index is 490. The molecule has 2 rings (SSSR count). The lowest BCUT2D eigenvalue weighted by atomic mass is 10.4. The molecule has 0 aromatic carbocycles. The molecule has 15 heavy (non-hydrogen) atoms. The monoisotopic (exact) mass is 224 g/mol. The second kappa shape index (κ2) is 3.70. The lowest BCUT2D eigenvalue weighted by molar-refractivity contribution is 0.0950. The van der Waals surface area contributed by atoms with Crippen LogP contribution in [-0.2, 0) is 0 Å². The Morgan fingerprint density at radius 2 is 2.47 bits per heavy atom. The number of hydrogen-bond donors (Lipinski definition) is 2. The number of anilines is 1. The van der Waals surface area contributed by atoms with Gasteiger partial charge in [-0.2, -0.15) is 4.98 Å². The summed E-state index contributed by atoms with van der Waals surface area (Å²) in [6, 6.07) is 1.74. The molecular formula is C8H8N4O2S. The van der Waals surface area contributed by atoms with Crippen molar-refractivity contribution in [3.63, 3.8) is 0 Å². The van der Waals surface area contributed by atoms with Crippen LogP contribution in [0.1, 0.15) is 10.6 Å². The number of carbonyl (C=O) groups is 1. The number of aromatic nitrogens is 2. The first-order valence-corrected chi connectivity index (χ1v) is 4.99. The third-order valence-corrected chi connectivity index (χ3v) is 2.66. The van der Waals surface area contributed by atoms with Gasteiger partial charge in [-0.3, -0.25) is 4.79 Å². The van der Waals surface area contributed by atoms with Crippen LogP contribution in [0.25, 0.3) is 10.8 Å². The molecule has 0 fully saturated rings. The van der Waals surface area contributed by atoms with E-state index in [0.717, 1.165) is 0 Å². The standard InChI is InChI=1S/C8H8N4O2S/c1-10-7(13)6-11-8(14-12-6)5-4(9)2-3-15-5/h2-3H,9H2,1H3,(H,10,13). The maximum absolute atomic E-state index is 11.2. The van der Waals surface area contributed by atoms with Gasteiger partial charge in [-0.15, -0.1) is 11.3 Å². The van der Waals surface area contributed by atoms with Gasteiger partial charge < -0.3 is 15.6 Å². The van der Waals surface area contributed by atoms with Gasteiger partial charge in [0.25, 0.3) is 17.6 Å². The Labute approximate surface area is 89.1 Å². The molecule has 0 spiro atoms. The summed E-state index contributed by atoms with van der Waals surface area (Å²) in [5.41, 5.74) is 6.23. The Kier molecular flexibility index (Phi) is 2.38. The van der Waals surface area contributed by atoms with Gasteiger partial charge in [0.2, 0.25) is 0 Å². The lowest BCUT2D eigenvalue weighted by Crippen LogP contribution is -2.19. The van der Waals surface area contributed by atoms with Crippen LogP contribution in [0.5, 0.6) is 0 Å². The van der Waals surface area contributed by atoms with Crippen LogP contribution in [0, 0.1) is 0 Å². The Morgan fingerprint density at radius 3 is 3.07 bits per heavy atom. The van der Waals surface area contributed by atoms with E-state index in [-0.39, 0.29) is 17.6 Å². The van der Waals surface area contributed by atoms with E-state index in [1.807, 2.05) is 5.38 Å². The molecule has 0 bridgehead atoms. The third kappa shape index (κ3) is 1.68. The maximum Gasteiger partial charge on any atom is 0.292 e. The highest BCUT2D eigenvalue weighted by atomic mass is 32.1. The SMILES string of the molecule is CNC(=O)c1noc(-c2sccc2N)n1. The lowest BCUT2D eigenvalue weighted by Gasteiger charge is -1.89. The van der Waals surface area contributed by atoms with E-state index in [9.17, 15) is 4.79 Å². The van der Waals surface area contributed by atoms with Crippen LogP contribution in [-0.4, -0.2) is 23.1 Å². The van der Waals surface area contributed by atoms with E-state index in [4.69, 9.17) is 10.3 Å². The van der Waals surface area contributed by atoms with Crippen LogP contribution in [0.3, 0.4) is 0 Å². The fraction of sp³-hybridized carbons (Fsp3) is 0.125. The van der Waals surface area contributed by atoms with Crippen LogP contribution in [0.2, 0.25) is 0 Å². The molecule has 0 aliphatic heterocycles. The number of nitrogen functional groups attached to an aromatic ring is 1. The molecule has 0 unspecified atom stereocenters. The van der Waals surface area contributed by atoms with Crippen molar-refractivity contribution in [2.45, 2.75) is 0 Å². The summed E-state index contributed by atoms with van der Waals surface area (Å²) in [5.74, 6) is -0.124. The minimum absolute atomic E-state index is 0.000278. The fourth-order valence-electron chi connectivity index (χ4n) is 1.01. The zero-order valence-corrected chi connectivity index (χ0v) is 8.67. The number of nitrogens with two attached hydrogens (primary N) is 1. The van der Waals surface area contributed by atoms with Crippen molar-refractivity contribution in [2.75, 3.05) is 12.8 Å². The minimum Gasteiger partial charge on any atom is -0.397 e. The van der Waals surface area contributed by atoms with Crippen molar-refractivity contribution in [3.05, 3.63) is 17.3 Å². The van der Waals surface area contributed by atoms with Crippen LogP contribution in [0.4, 0.5) is 5.69 Å². The average Bonchev–Trinajstić information content (AvgIpc) is 2.84. The summed E-state index contributed by atoms with van der Waals surface area (Å²) in [5, 5.41) is 7.75. The predicted molar refractivity (Wildman–Crippen MR) is 55.4 cm³/mol. The van der Waals surface area contributed by atoms with Gasteiger partial charge in [0.1, 0.15) is 4.88 Å². The van der Waals surface area contributed by atoms with Gasteiger partial charge in [0, 0.05) is 7.05 Å². The van der Waals surface area contributed by atoms with Gasteiger partial charge in [-0.1, -0.05) is 5.16 Å². The summed E-state index contributed by atoms with van der Waals surface area (Å²) in [7, 11) is 1.50. The Hall–Kier alpha value is -1.89. The summed E-state index contributed by atoms with van der Waals surface area (Å²) in [6.45, 7) is 0. The van der Waals surface area contributed by atoms with E-state index >= 15 is 0 Å². The number of thiophene rings is 1. The highest BCUT2D eigenvalue weighted by Crippen LogP contribution is 2.29. The second-order valence-corrected chi connectivity index (χ2v) is 3.62. The molecule has 0 radical (unpaired) electrons. The van der Waals surface area contributed by atoms with E-state index in [1.165, 1.54) is 18.4 Å². The quantitative estimate of drug-likeness (QED) is 0.784. The average molecular weight is 224 g/mol. The Morgan fingerprint density at radius 1 is 1.67 bits per heavy atom. The minimum atomic E-state index is -0.389. The molecule has 2 aromatic rings. The van der Waals surface area contributed by atoms with Crippen LogP contribution >= 0.6 is 11.3 Å². The molecule has 0 saturated heterocycles. The summed E-state index contributed by atoms with van der Waals surface area (Å²) in [6.07, 6.45) is 0. The van der Waals surface area contributed by atoms with Gasteiger partial charge in [-0.05, 0) is 11.4 Å². The largest absolute Gasteiger partial charge is 0.397 e. The molecule has 0 saturated carbocycles. The fourth-order valence-corrected chi connectivity index (χ4v) is 1.75. The molecule has 2 heterocycles. The summed E-state index contributed by atoms with van der Waals surface area (Å²) in [4.78, 5) is 15.8. The second-order valence-electron chi connectivity index (χ2n) is 2.71. The number of hydrogen-bond acceptors (Lipinski definition) is 6. The third-order valence-electron chi connectivity index (χ3n) is 1.75. The number of nitrogens with one attached hydrogen (secondary N) is 1. The topological polar surface area (TPSA) is 94.0 Å². The van der Waals surface area contributed by atoms with E-state index < -0.39 is 0 Å². The molecule has 3 N–H and O–H groups in total. The van der Waals surface area contributed by atoms with Crippen molar-refractivity contribution in [1.29, 1.82) is 0 Å². The molecule has 0 aliphatic rings. The summed E-state index contributed by atoms with van der Waals surface area (Å²) < 4.78 is 4.92. The molecule has 1 amide bonds. The highest BCUT2D eigenvalue weighted by Gasteiger charge is 2.16. The van der Waals surface area contributed by atoms with Crippen molar-refractivity contribution >= 4 is 22.9 Å². The van der Waals surface area contributed by atoms with E-state index in [0.29, 0.717) is 10.6 Å². The zero-order valence-electron chi connectivity index (χ0n) is 7.85. The van der Waals surface area contributed by atoms with Crippen LogP contribution < -0.4 is 11.1 Å². The van der Waals surface area contributed by atoms with Gasteiger partial charge in [0.05, 0.1) is 5.69 Å². The molecule has 78 valence electrons. The number of amides is 1. The van der Waals surface area contributed by atoms with E-state index in [2.05, 4.69) is 15.5 Å². The van der Waals surface area contributed by atoms with Crippen molar-refractivity contribution < 1.29 is 9.32 Å². The number of rotatable bonds is 2. The zero-order chi connectivity index (χ0) is 10.8.